The van der Waals surface area contributed by atoms with E-state index < -0.39 is 0 Å². The normalized spacial score (nSPS) is 14.6. The molecule has 0 radical (unpaired) electrons. The highest BCUT2D eigenvalue weighted by Crippen LogP contribution is 2.26. The van der Waals surface area contributed by atoms with Crippen LogP contribution in [0.1, 0.15) is 18.4 Å². The molecule has 0 aliphatic heterocycles. The largest absolute Gasteiger partial charge is 0.310 e. The Morgan fingerprint density at radius 3 is 2.89 bits per heavy atom. The molecule has 1 aromatic carbocycles. The lowest BCUT2D eigenvalue weighted by Gasteiger charge is -2.07. The van der Waals surface area contributed by atoms with Crippen LogP contribution in [0.2, 0.25) is 0 Å². The van der Waals surface area contributed by atoms with Gasteiger partial charge in [-0.25, -0.2) is 4.39 Å². The van der Waals surface area contributed by atoms with Crippen LogP contribution in [0.5, 0.6) is 0 Å². The van der Waals surface area contributed by atoms with E-state index >= 15 is 0 Å². The first-order valence-corrected chi connectivity index (χ1v) is 7.14. The minimum absolute atomic E-state index is 0.225. The monoisotopic (exact) mass is 320 g/mol. The quantitative estimate of drug-likeness (QED) is 0.924. The molecule has 0 bridgehead atoms. The molecule has 1 aromatic heterocycles. The van der Waals surface area contributed by atoms with Crippen LogP contribution in [0, 0.1) is 5.82 Å². The van der Waals surface area contributed by atoms with Crippen LogP contribution in [0.25, 0.3) is 11.1 Å². The van der Waals surface area contributed by atoms with Gasteiger partial charge in [0.1, 0.15) is 5.82 Å². The van der Waals surface area contributed by atoms with E-state index in [4.69, 9.17) is 0 Å². The number of nitrogens with zero attached hydrogens (tertiary/aromatic N) is 1. The summed E-state index contributed by atoms with van der Waals surface area (Å²) in [5.74, 6) is -0.225. The first kappa shape index (κ1) is 12.8. The Bertz CT molecular complexity index is 596. The molecule has 2 aromatic rings. The number of nitrogens with one attached hydrogen (secondary N) is 1. The maximum Gasteiger partial charge on any atom is 0.131 e. The highest BCUT2D eigenvalue weighted by Gasteiger charge is 2.20. The van der Waals surface area contributed by atoms with Crippen LogP contribution in [0.4, 0.5) is 4.39 Å². The van der Waals surface area contributed by atoms with Crippen LogP contribution >= 0.6 is 15.9 Å². The van der Waals surface area contributed by atoms with Crippen molar-refractivity contribution in [2.75, 3.05) is 0 Å². The van der Waals surface area contributed by atoms with Crippen molar-refractivity contribution in [2.45, 2.75) is 25.4 Å². The van der Waals surface area contributed by atoms with Crippen LogP contribution in [0.3, 0.4) is 0 Å². The van der Waals surface area contributed by atoms with Crippen molar-refractivity contribution in [1.82, 2.24) is 10.3 Å². The predicted molar refractivity (Wildman–Crippen MR) is 77.2 cm³/mol. The molecule has 1 aliphatic carbocycles. The van der Waals surface area contributed by atoms with Gasteiger partial charge in [0.05, 0.1) is 0 Å². The molecule has 0 unspecified atom stereocenters. The fourth-order valence-electron chi connectivity index (χ4n) is 2.00. The van der Waals surface area contributed by atoms with Gasteiger partial charge in [-0.05, 0) is 42.7 Å². The molecule has 19 heavy (non-hydrogen) atoms. The van der Waals surface area contributed by atoms with Crippen molar-refractivity contribution in [3.8, 4) is 11.1 Å². The van der Waals surface area contributed by atoms with E-state index in [1.54, 1.807) is 18.3 Å². The van der Waals surface area contributed by atoms with Gasteiger partial charge in [-0.15, -0.1) is 0 Å². The predicted octanol–water partition coefficient (Wildman–Crippen LogP) is 3.90. The van der Waals surface area contributed by atoms with Gasteiger partial charge in [0.2, 0.25) is 0 Å². The third-order valence-electron chi connectivity index (χ3n) is 3.21. The van der Waals surface area contributed by atoms with Crippen molar-refractivity contribution in [2.24, 2.45) is 0 Å². The van der Waals surface area contributed by atoms with Gasteiger partial charge >= 0.3 is 0 Å². The van der Waals surface area contributed by atoms with E-state index in [9.17, 15) is 4.39 Å². The minimum Gasteiger partial charge on any atom is -0.310 e. The van der Waals surface area contributed by atoms with Crippen molar-refractivity contribution < 1.29 is 4.39 Å². The number of rotatable bonds is 4. The lowest BCUT2D eigenvalue weighted by Crippen LogP contribution is -2.15. The fourth-order valence-corrected chi connectivity index (χ4v) is 2.36. The Labute approximate surface area is 120 Å². The van der Waals surface area contributed by atoms with Crippen molar-refractivity contribution in [3.63, 3.8) is 0 Å². The first-order valence-electron chi connectivity index (χ1n) is 6.35. The summed E-state index contributed by atoms with van der Waals surface area (Å²) >= 11 is 3.37. The highest BCUT2D eigenvalue weighted by molar-refractivity contribution is 9.10. The lowest BCUT2D eigenvalue weighted by molar-refractivity contribution is 0.631. The molecule has 4 heteroatoms. The maximum absolute atomic E-state index is 13.8. The summed E-state index contributed by atoms with van der Waals surface area (Å²) in [6.07, 6.45) is 6.04. The highest BCUT2D eigenvalue weighted by atomic mass is 79.9. The van der Waals surface area contributed by atoms with Gasteiger partial charge in [0, 0.05) is 40.6 Å². The maximum atomic E-state index is 13.8. The minimum atomic E-state index is -0.225. The van der Waals surface area contributed by atoms with E-state index in [-0.39, 0.29) is 5.82 Å². The topological polar surface area (TPSA) is 24.9 Å². The smallest absolute Gasteiger partial charge is 0.131 e. The molecule has 3 rings (SSSR count). The van der Waals surface area contributed by atoms with Gasteiger partial charge < -0.3 is 5.32 Å². The summed E-state index contributed by atoms with van der Waals surface area (Å²) in [6, 6.07) is 7.60. The summed E-state index contributed by atoms with van der Waals surface area (Å²) < 4.78 is 14.7. The Hall–Kier alpha value is -1.26. The summed E-state index contributed by atoms with van der Waals surface area (Å²) in [7, 11) is 0. The number of hydrogen-bond acceptors (Lipinski definition) is 2. The van der Waals surface area contributed by atoms with E-state index in [1.165, 1.54) is 18.9 Å². The second kappa shape index (κ2) is 5.39. The number of hydrogen-bond donors (Lipinski definition) is 1. The second-order valence-corrected chi connectivity index (χ2v) is 5.78. The standard InChI is InChI=1S/C15H14BrFN2/c16-12-1-4-15(17)14(6-12)11-5-10(7-18-9-11)8-19-13-2-3-13/h1,4-7,9,13,19H,2-3,8H2. The van der Waals surface area contributed by atoms with Gasteiger partial charge in [0.15, 0.2) is 0 Å². The summed E-state index contributed by atoms with van der Waals surface area (Å²) in [5.41, 5.74) is 2.48. The van der Waals surface area contributed by atoms with Gasteiger partial charge in [-0.1, -0.05) is 15.9 Å². The average Bonchev–Trinajstić information content (AvgIpc) is 3.24. The zero-order valence-electron chi connectivity index (χ0n) is 10.4. The molecule has 0 spiro atoms. The number of halogens is 2. The van der Waals surface area contributed by atoms with E-state index in [0.717, 1.165) is 22.1 Å². The molecule has 0 amide bonds. The van der Waals surface area contributed by atoms with Crippen LogP contribution in [0.15, 0.2) is 41.1 Å². The fraction of sp³-hybridized carbons (Fsp3) is 0.267. The molecule has 0 atom stereocenters. The third-order valence-corrected chi connectivity index (χ3v) is 3.70. The molecule has 1 N–H and O–H groups in total. The third kappa shape index (κ3) is 3.19. The summed E-state index contributed by atoms with van der Waals surface area (Å²) in [5, 5.41) is 3.43. The molecule has 1 heterocycles. The Balaban J connectivity index is 1.86. The zero-order chi connectivity index (χ0) is 13.2. The zero-order valence-corrected chi connectivity index (χ0v) is 12.0. The Kier molecular flexibility index (Phi) is 3.62. The molecule has 1 saturated carbocycles. The van der Waals surface area contributed by atoms with Crippen LogP contribution < -0.4 is 5.32 Å². The second-order valence-electron chi connectivity index (χ2n) is 4.86. The lowest BCUT2D eigenvalue weighted by atomic mass is 10.1. The molecular weight excluding hydrogens is 307 g/mol. The van der Waals surface area contributed by atoms with E-state index in [1.807, 2.05) is 12.3 Å². The van der Waals surface area contributed by atoms with Crippen molar-refractivity contribution in [1.29, 1.82) is 0 Å². The molecule has 2 nitrogen and oxygen atoms in total. The Morgan fingerprint density at radius 2 is 2.11 bits per heavy atom. The SMILES string of the molecule is Fc1ccc(Br)cc1-c1cncc(CNC2CC2)c1. The molecule has 1 aliphatic rings. The Morgan fingerprint density at radius 1 is 1.26 bits per heavy atom. The van der Waals surface area contributed by atoms with Crippen LogP contribution in [-0.4, -0.2) is 11.0 Å². The van der Waals surface area contributed by atoms with Crippen LogP contribution in [-0.2, 0) is 6.54 Å². The number of aromatic nitrogens is 1. The summed E-state index contributed by atoms with van der Waals surface area (Å²) in [6.45, 7) is 0.793. The number of pyridine rings is 1. The molecule has 0 saturated heterocycles. The summed E-state index contributed by atoms with van der Waals surface area (Å²) in [4.78, 5) is 4.21. The van der Waals surface area contributed by atoms with Gasteiger partial charge in [-0.3, -0.25) is 4.98 Å². The first-order chi connectivity index (χ1) is 9.22. The molecule has 1 fully saturated rings. The van der Waals surface area contributed by atoms with Crippen molar-refractivity contribution >= 4 is 15.9 Å². The molecule has 98 valence electrons. The van der Waals surface area contributed by atoms with Gasteiger partial charge in [-0.2, -0.15) is 0 Å². The number of benzene rings is 1. The van der Waals surface area contributed by atoms with Gasteiger partial charge in [0.25, 0.3) is 0 Å². The molecular formula is C15H14BrFN2. The average molecular weight is 321 g/mol. The van der Waals surface area contributed by atoms with Crippen molar-refractivity contribution in [3.05, 3.63) is 52.5 Å². The van der Waals surface area contributed by atoms with E-state index in [2.05, 4.69) is 26.2 Å². The van der Waals surface area contributed by atoms with E-state index in [0.29, 0.717) is 11.6 Å².